The first kappa shape index (κ1) is 19.4. The van der Waals surface area contributed by atoms with Crippen molar-refractivity contribution < 1.29 is 9.13 Å². The van der Waals surface area contributed by atoms with Crippen molar-refractivity contribution in [3.63, 3.8) is 0 Å². The predicted molar refractivity (Wildman–Crippen MR) is 112 cm³/mol. The molecule has 4 rings (SSSR count). The number of nitrogens with one attached hydrogen (secondary N) is 2. The zero-order valence-electron chi connectivity index (χ0n) is 15.4. The first-order valence-corrected chi connectivity index (χ1v) is 9.10. The molecule has 2 aromatic heterocycles. The third-order valence-corrected chi connectivity index (χ3v) is 4.38. The number of halogens is 2. The Hall–Kier alpha value is -3.92. The second kappa shape index (κ2) is 8.21. The van der Waals surface area contributed by atoms with Crippen molar-refractivity contribution >= 4 is 35.0 Å². The van der Waals surface area contributed by atoms with Crippen LogP contribution in [0.3, 0.4) is 0 Å². The maximum atomic E-state index is 13.0. The number of H-pyrrole nitrogens is 1. The van der Waals surface area contributed by atoms with Gasteiger partial charge in [0, 0.05) is 27.9 Å². The number of ether oxygens (including phenoxy) is 1. The second-order valence-electron chi connectivity index (χ2n) is 6.21. The van der Waals surface area contributed by atoms with Crippen LogP contribution in [0.4, 0.5) is 27.8 Å². The second-order valence-corrected chi connectivity index (χ2v) is 6.61. The molecule has 0 saturated carbocycles. The van der Waals surface area contributed by atoms with Crippen LogP contribution in [0.1, 0.15) is 5.56 Å². The van der Waals surface area contributed by atoms with Crippen molar-refractivity contribution in [3.8, 4) is 23.0 Å². The molecule has 0 spiro atoms. The summed E-state index contributed by atoms with van der Waals surface area (Å²) >= 11 is 5.94. The van der Waals surface area contributed by atoms with Gasteiger partial charge in [0.25, 0.3) is 0 Å². The molecule has 0 saturated heterocycles. The Morgan fingerprint density at radius 1 is 1.07 bits per heavy atom. The van der Waals surface area contributed by atoms with Crippen LogP contribution in [0.2, 0.25) is 5.02 Å². The molecule has 11 heteroatoms. The van der Waals surface area contributed by atoms with E-state index in [-0.39, 0.29) is 17.6 Å². The van der Waals surface area contributed by atoms with Gasteiger partial charge in [-0.1, -0.05) is 23.7 Å². The maximum absolute atomic E-state index is 13.0. The van der Waals surface area contributed by atoms with Crippen molar-refractivity contribution in [1.29, 1.82) is 0 Å². The van der Waals surface area contributed by atoms with Crippen LogP contribution in [-0.4, -0.2) is 25.1 Å². The number of nitrogen functional groups attached to an aromatic ring is 2. The zero-order chi connectivity index (χ0) is 21.1. The van der Waals surface area contributed by atoms with E-state index in [0.29, 0.717) is 33.8 Å². The number of hydrogen-bond acceptors (Lipinski definition) is 8. The number of benzene rings is 2. The molecule has 4 aromatic rings. The Labute approximate surface area is 175 Å². The summed E-state index contributed by atoms with van der Waals surface area (Å²) in [6.07, 6.45) is 0. The molecule has 0 amide bonds. The molecule has 0 aliphatic heterocycles. The van der Waals surface area contributed by atoms with E-state index in [9.17, 15) is 4.39 Å². The molecule has 0 atom stereocenters. The summed E-state index contributed by atoms with van der Waals surface area (Å²) in [5, 5.41) is 11.6. The minimum Gasteiger partial charge on any atom is -0.439 e. The van der Waals surface area contributed by atoms with Crippen molar-refractivity contribution in [2.45, 2.75) is 6.67 Å². The predicted octanol–water partition coefficient (Wildman–Crippen LogP) is 4.08. The summed E-state index contributed by atoms with van der Waals surface area (Å²) in [4.78, 5) is 10.8. The number of nitrogens with two attached hydrogens (primary N) is 2. The van der Waals surface area contributed by atoms with Gasteiger partial charge in [-0.05, 0) is 30.3 Å². The van der Waals surface area contributed by atoms with Gasteiger partial charge in [-0.25, -0.2) is 4.39 Å². The van der Waals surface area contributed by atoms with Gasteiger partial charge in [0.2, 0.25) is 17.8 Å². The van der Waals surface area contributed by atoms with Gasteiger partial charge in [-0.15, -0.1) is 10.2 Å². The van der Waals surface area contributed by atoms with Gasteiger partial charge >= 0.3 is 0 Å². The van der Waals surface area contributed by atoms with Crippen LogP contribution < -0.4 is 21.5 Å². The molecule has 2 aromatic carbocycles. The number of aromatic nitrogens is 5. The third kappa shape index (κ3) is 4.39. The van der Waals surface area contributed by atoms with Gasteiger partial charge < -0.3 is 26.5 Å². The molecule has 6 N–H and O–H groups in total. The summed E-state index contributed by atoms with van der Waals surface area (Å²) in [5.41, 5.74) is 13.0. The van der Waals surface area contributed by atoms with Gasteiger partial charge in [0.1, 0.15) is 18.2 Å². The fourth-order valence-electron chi connectivity index (χ4n) is 2.68. The highest BCUT2D eigenvalue weighted by Crippen LogP contribution is 2.27. The Kier molecular flexibility index (Phi) is 5.31. The van der Waals surface area contributed by atoms with Crippen molar-refractivity contribution in [2.24, 2.45) is 0 Å². The number of nitrogens with zero attached hydrogens (tertiary/aromatic N) is 4. The van der Waals surface area contributed by atoms with Gasteiger partial charge in [0.15, 0.2) is 5.82 Å². The molecular weight excluding hydrogens is 411 g/mol. The maximum Gasteiger partial charge on any atom is 0.226 e. The molecule has 2 heterocycles. The lowest BCUT2D eigenvalue weighted by molar-refractivity contribution is 0.463. The fourth-order valence-corrected chi connectivity index (χ4v) is 2.85. The summed E-state index contributed by atoms with van der Waals surface area (Å²) in [7, 11) is 0. The molecule has 152 valence electrons. The van der Waals surface area contributed by atoms with E-state index in [1.165, 1.54) is 6.07 Å². The van der Waals surface area contributed by atoms with Gasteiger partial charge in [0.05, 0.1) is 0 Å². The van der Waals surface area contributed by atoms with Crippen LogP contribution in [-0.2, 0) is 6.67 Å². The van der Waals surface area contributed by atoms with Gasteiger partial charge in [-0.2, -0.15) is 9.97 Å². The summed E-state index contributed by atoms with van der Waals surface area (Å²) < 4.78 is 18.7. The lowest BCUT2D eigenvalue weighted by Crippen LogP contribution is -2.00. The van der Waals surface area contributed by atoms with E-state index in [0.717, 1.165) is 5.56 Å². The van der Waals surface area contributed by atoms with E-state index in [2.05, 4.69) is 30.5 Å². The first-order chi connectivity index (χ1) is 14.5. The molecule has 0 unspecified atom stereocenters. The van der Waals surface area contributed by atoms with E-state index in [4.69, 9.17) is 27.8 Å². The fraction of sp³-hybridized carbons (Fsp3) is 0.0526. The molecule has 0 bridgehead atoms. The lowest BCUT2D eigenvalue weighted by Gasteiger charge is -2.07. The largest absolute Gasteiger partial charge is 0.439 e. The quantitative estimate of drug-likeness (QED) is 0.361. The minimum atomic E-state index is -0.660. The number of aromatic amines is 1. The minimum absolute atomic E-state index is 0.0187. The van der Waals surface area contributed by atoms with Crippen molar-refractivity contribution in [1.82, 2.24) is 25.1 Å². The third-order valence-electron chi connectivity index (χ3n) is 4.01. The van der Waals surface area contributed by atoms with Crippen LogP contribution in [0.15, 0.2) is 48.5 Å². The lowest BCUT2D eigenvalue weighted by atomic mass is 10.2. The number of anilines is 4. The molecule has 0 radical (unpaired) electrons. The number of rotatable bonds is 6. The zero-order valence-corrected chi connectivity index (χ0v) is 16.2. The van der Waals surface area contributed by atoms with E-state index >= 15 is 0 Å². The van der Waals surface area contributed by atoms with E-state index < -0.39 is 6.67 Å². The van der Waals surface area contributed by atoms with Crippen molar-refractivity contribution in [2.75, 3.05) is 16.8 Å². The van der Waals surface area contributed by atoms with Crippen molar-refractivity contribution in [3.05, 3.63) is 59.1 Å². The van der Waals surface area contributed by atoms with Crippen LogP contribution in [0.5, 0.6) is 11.6 Å². The Morgan fingerprint density at radius 3 is 2.73 bits per heavy atom. The first-order valence-electron chi connectivity index (χ1n) is 8.72. The highest BCUT2D eigenvalue weighted by atomic mass is 35.5. The summed E-state index contributed by atoms with van der Waals surface area (Å²) in [6.45, 7) is -0.660. The summed E-state index contributed by atoms with van der Waals surface area (Å²) in [6, 6.07) is 13.5. The van der Waals surface area contributed by atoms with Crippen LogP contribution >= 0.6 is 11.6 Å². The van der Waals surface area contributed by atoms with Crippen LogP contribution in [0, 0.1) is 0 Å². The highest BCUT2D eigenvalue weighted by molar-refractivity contribution is 6.31. The van der Waals surface area contributed by atoms with Gasteiger partial charge in [-0.3, -0.25) is 0 Å². The SMILES string of the molecule is Nc1cc(Oc2cccc(-c3nnc(Nc4ccc(Cl)c(CF)c4)[nH]3)c2)nc(N)n1. The molecule has 30 heavy (non-hydrogen) atoms. The topological polar surface area (TPSA) is 141 Å². The smallest absolute Gasteiger partial charge is 0.226 e. The molecule has 9 nitrogen and oxygen atoms in total. The average molecular weight is 427 g/mol. The number of alkyl halides is 1. The highest BCUT2D eigenvalue weighted by Gasteiger charge is 2.09. The average Bonchev–Trinajstić information content (AvgIpc) is 3.17. The molecule has 0 aliphatic rings. The standard InChI is InChI=1S/C19H16ClFN8O/c20-14-5-4-12(6-11(14)9-21)24-19-27-17(28-29-19)10-2-1-3-13(7-10)30-16-8-15(22)25-18(23)26-16/h1-8H,9H2,(H4,22,23,25,26)(H2,24,27,28,29). The van der Waals surface area contributed by atoms with E-state index in [1.54, 1.807) is 36.4 Å². The van der Waals surface area contributed by atoms with E-state index in [1.807, 2.05) is 6.07 Å². The normalized spacial score (nSPS) is 10.7. The Bertz CT molecular complexity index is 1180. The van der Waals surface area contributed by atoms with Crippen LogP contribution in [0.25, 0.3) is 11.4 Å². The Balaban J connectivity index is 1.53. The monoisotopic (exact) mass is 426 g/mol. The molecule has 0 aliphatic carbocycles. The molecule has 0 fully saturated rings. The Morgan fingerprint density at radius 2 is 1.93 bits per heavy atom. The molecular formula is C19H16ClFN8O. The number of hydrogen-bond donors (Lipinski definition) is 4. The summed E-state index contributed by atoms with van der Waals surface area (Å²) in [5.74, 6) is 1.84.